The van der Waals surface area contributed by atoms with Gasteiger partial charge in [0.25, 0.3) is 5.91 Å². The second-order valence-corrected chi connectivity index (χ2v) is 2.73. The molecule has 1 atom stereocenters. The largest absolute Gasteiger partial charge is 0.356 e. The summed E-state index contributed by atoms with van der Waals surface area (Å²) in [6.45, 7) is 0. The third kappa shape index (κ3) is 1.01. The topological polar surface area (TPSA) is 99.2 Å². The molecule has 1 aliphatic heterocycles. The third-order valence-corrected chi connectivity index (χ3v) is 1.87. The Labute approximate surface area is 72.4 Å². The van der Waals surface area contributed by atoms with E-state index < -0.39 is 17.9 Å². The van der Waals surface area contributed by atoms with E-state index in [1.165, 1.54) is 11.6 Å². The van der Waals surface area contributed by atoms with Crippen molar-refractivity contribution >= 4 is 11.7 Å². The van der Waals surface area contributed by atoms with Gasteiger partial charge in [-0.15, -0.1) is 0 Å². The SMILES string of the molecule is Cn1c2c([nH]c1=O)NC(O)NC2=O. The maximum Gasteiger partial charge on any atom is 0.327 e. The number of aliphatic hydroxyl groups excluding tert-OH is 1. The van der Waals surface area contributed by atoms with Crippen molar-refractivity contribution in [2.24, 2.45) is 7.05 Å². The Morgan fingerprint density at radius 3 is 2.77 bits per heavy atom. The molecule has 13 heavy (non-hydrogen) atoms. The van der Waals surface area contributed by atoms with Gasteiger partial charge in [-0.1, -0.05) is 0 Å². The first kappa shape index (κ1) is 7.87. The monoisotopic (exact) mass is 184 g/mol. The van der Waals surface area contributed by atoms with Crippen molar-refractivity contribution in [3.05, 3.63) is 16.2 Å². The second kappa shape index (κ2) is 2.36. The Balaban J connectivity index is 2.62. The number of fused-ring (bicyclic) bond motifs is 1. The Morgan fingerprint density at radius 1 is 1.38 bits per heavy atom. The molecular formula is C6H8N4O3. The van der Waals surface area contributed by atoms with E-state index in [1.54, 1.807) is 0 Å². The number of rotatable bonds is 0. The molecule has 0 saturated heterocycles. The van der Waals surface area contributed by atoms with Crippen LogP contribution in [0.4, 0.5) is 5.82 Å². The number of amides is 1. The Hall–Kier alpha value is -1.76. The van der Waals surface area contributed by atoms with E-state index in [0.717, 1.165) is 0 Å². The lowest BCUT2D eigenvalue weighted by molar-refractivity contribution is 0.0803. The van der Waals surface area contributed by atoms with Crippen molar-refractivity contribution in [2.45, 2.75) is 6.35 Å². The summed E-state index contributed by atoms with van der Waals surface area (Å²) in [5, 5.41) is 13.8. The fourth-order valence-electron chi connectivity index (χ4n) is 1.25. The highest BCUT2D eigenvalue weighted by atomic mass is 16.3. The first-order valence-electron chi connectivity index (χ1n) is 3.64. The first-order valence-corrected chi connectivity index (χ1v) is 3.64. The van der Waals surface area contributed by atoms with Gasteiger partial charge in [-0.2, -0.15) is 0 Å². The minimum Gasteiger partial charge on any atom is -0.356 e. The van der Waals surface area contributed by atoms with Crippen molar-refractivity contribution in [1.29, 1.82) is 0 Å². The van der Waals surface area contributed by atoms with Gasteiger partial charge in [-0.3, -0.25) is 14.3 Å². The number of anilines is 1. The molecule has 0 spiro atoms. The molecule has 7 nitrogen and oxygen atoms in total. The van der Waals surface area contributed by atoms with Crippen molar-refractivity contribution in [1.82, 2.24) is 14.9 Å². The molecule has 7 heteroatoms. The molecule has 1 amide bonds. The van der Waals surface area contributed by atoms with Crippen molar-refractivity contribution in [3.63, 3.8) is 0 Å². The normalized spacial score (nSPS) is 20.5. The van der Waals surface area contributed by atoms with Crippen LogP contribution < -0.4 is 16.3 Å². The highest BCUT2D eigenvalue weighted by Gasteiger charge is 2.26. The van der Waals surface area contributed by atoms with Crippen LogP contribution in [0.2, 0.25) is 0 Å². The maximum absolute atomic E-state index is 11.2. The van der Waals surface area contributed by atoms with Gasteiger partial charge in [0, 0.05) is 7.05 Å². The number of imidazole rings is 1. The summed E-state index contributed by atoms with van der Waals surface area (Å²) in [6.07, 6.45) is -1.15. The van der Waals surface area contributed by atoms with E-state index in [4.69, 9.17) is 5.11 Å². The number of H-pyrrole nitrogens is 1. The summed E-state index contributed by atoms with van der Waals surface area (Å²) in [4.78, 5) is 24.7. The molecule has 1 aliphatic rings. The maximum atomic E-state index is 11.2. The Morgan fingerprint density at radius 2 is 2.08 bits per heavy atom. The molecule has 1 aromatic heterocycles. The van der Waals surface area contributed by atoms with E-state index in [-0.39, 0.29) is 11.5 Å². The van der Waals surface area contributed by atoms with Gasteiger partial charge >= 0.3 is 5.69 Å². The average Bonchev–Trinajstić information content (AvgIpc) is 2.27. The molecule has 0 bridgehead atoms. The van der Waals surface area contributed by atoms with Gasteiger partial charge in [-0.05, 0) is 0 Å². The van der Waals surface area contributed by atoms with Crippen LogP contribution in [0, 0.1) is 0 Å². The minimum atomic E-state index is -1.15. The Bertz CT molecular complexity index is 418. The van der Waals surface area contributed by atoms with Gasteiger partial charge < -0.3 is 15.7 Å². The molecule has 0 aromatic carbocycles. The zero-order valence-electron chi connectivity index (χ0n) is 6.79. The molecule has 70 valence electrons. The fourth-order valence-corrected chi connectivity index (χ4v) is 1.25. The van der Waals surface area contributed by atoms with Crippen LogP contribution in [0.5, 0.6) is 0 Å². The summed E-state index contributed by atoms with van der Waals surface area (Å²) in [7, 11) is 1.47. The molecule has 4 N–H and O–H groups in total. The summed E-state index contributed by atoms with van der Waals surface area (Å²) in [6, 6.07) is 0. The number of aliphatic hydroxyl groups is 1. The van der Waals surface area contributed by atoms with Gasteiger partial charge in [-0.25, -0.2) is 4.79 Å². The van der Waals surface area contributed by atoms with Gasteiger partial charge in [0.05, 0.1) is 0 Å². The van der Waals surface area contributed by atoms with E-state index in [9.17, 15) is 9.59 Å². The predicted octanol–water partition coefficient (Wildman–Crippen LogP) is -1.86. The van der Waals surface area contributed by atoms with Crippen LogP contribution in [0.1, 0.15) is 10.5 Å². The van der Waals surface area contributed by atoms with Gasteiger partial charge in [0.15, 0.2) is 5.69 Å². The number of hydrogen-bond donors (Lipinski definition) is 4. The highest BCUT2D eigenvalue weighted by molar-refractivity contribution is 5.98. The zero-order valence-corrected chi connectivity index (χ0v) is 6.79. The number of carbonyl (C=O) groups is 1. The quantitative estimate of drug-likeness (QED) is 0.380. The molecule has 1 unspecified atom stereocenters. The molecule has 0 saturated carbocycles. The van der Waals surface area contributed by atoms with Crippen LogP contribution in [0.15, 0.2) is 4.79 Å². The summed E-state index contributed by atoms with van der Waals surface area (Å²) in [5.74, 6) is -0.245. The second-order valence-electron chi connectivity index (χ2n) is 2.73. The molecule has 0 fully saturated rings. The lowest BCUT2D eigenvalue weighted by Crippen LogP contribution is -2.45. The van der Waals surface area contributed by atoms with Crippen LogP contribution in [-0.2, 0) is 7.05 Å². The van der Waals surface area contributed by atoms with Crippen LogP contribution in [-0.4, -0.2) is 26.9 Å². The molecular weight excluding hydrogens is 176 g/mol. The highest BCUT2D eigenvalue weighted by Crippen LogP contribution is 2.13. The molecule has 1 aromatic rings. The van der Waals surface area contributed by atoms with Crippen LogP contribution >= 0.6 is 0 Å². The van der Waals surface area contributed by atoms with E-state index >= 15 is 0 Å². The van der Waals surface area contributed by atoms with Crippen molar-refractivity contribution in [3.8, 4) is 0 Å². The number of aromatic nitrogens is 2. The van der Waals surface area contributed by atoms with E-state index in [2.05, 4.69) is 15.6 Å². The number of carbonyl (C=O) groups excluding carboxylic acids is 1. The summed E-state index contributed by atoms with van der Waals surface area (Å²) in [5.41, 5.74) is -0.211. The predicted molar refractivity (Wildman–Crippen MR) is 43.1 cm³/mol. The average molecular weight is 184 g/mol. The van der Waals surface area contributed by atoms with Crippen molar-refractivity contribution in [2.75, 3.05) is 5.32 Å². The Kier molecular flexibility index (Phi) is 1.43. The standard InChI is InChI=1S/C6H8N4O3/c1-10-2-3(8-6(10)13)7-5(12)9-4(2)11/h5,7,12H,1H3,(H,8,13)(H,9,11). The summed E-state index contributed by atoms with van der Waals surface area (Å²) < 4.78 is 1.17. The minimum absolute atomic E-state index is 0.190. The smallest absolute Gasteiger partial charge is 0.327 e. The fraction of sp³-hybridized carbons (Fsp3) is 0.333. The van der Waals surface area contributed by atoms with Crippen molar-refractivity contribution < 1.29 is 9.90 Å². The van der Waals surface area contributed by atoms with E-state index in [0.29, 0.717) is 0 Å². The van der Waals surface area contributed by atoms with Crippen LogP contribution in [0.3, 0.4) is 0 Å². The summed E-state index contributed by atoms with van der Waals surface area (Å²) >= 11 is 0. The van der Waals surface area contributed by atoms with Crippen LogP contribution in [0.25, 0.3) is 0 Å². The number of aromatic amines is 1. The number of nitrogens with one attached hydrogen (secondary N) is 3. The first-order chi connectivity index (χ1) is 6.09. The number of hydrogen-bond acceptors (Lipinski definition) is 4. The molecule has 2 rings (SSSR count). The van der Waals surface area contributed by atoms with Gasteiger partial charge in [0.1, 0.15) is 5.82 Å². The zero-order chi connectivity index (χ0) is 9.59. The lowest BCUT2D eigenvalue weighted by atomic mass is 10.3. The molecule has 0 radical (unpaired) electrons. The third-order valence-electron chi connectivity index (χ3n) is 1.87. The van der Waals surface area contributed by atoms with Gasteiger partial charge in [0.2, 0.25) is 6.35 Å². The number of nitrogens with zero attached hydrogens (tertiary/aromatic N) is 1. The van der Waals surface area contributed by atoms with E-state index in [1.807, 2.05) is 0 Å². The lowest BCUT2D eigenvalue weighted by Gasteiger charge is -2.20. The molecule has 2 heterocycles. The molecule has 0 aliphatic carbocycles.